The van der Waals surface area contributed by atoms with Crippen LogP contribution in [0.1, 0.15) is 16.1 Å². The topological polar surface area (TPSA) is 48.4 Å². The molecular formula is C14H10ClNO3. The van der Waals surface area contributed by atoms with Gasteiger partial charge in [0.15, 0.2) is 11.5 Å². The van der Waals surface area contributed by atoms with Gasteiger partial charge in [-0.3, -0.25) is 9.78 Å². The summed E-state index contributed by atoms with van der Waals surface area (Å²) in [4.78, 5) is 16.3. The number of ketones is 1. The summed E-state index contributed by atoms with van der Waals surface area (Å²) in [5.74, 6) is 0.988. The number of carbonyl (C=O) groups is 1. The van der Waals surface area contributed by atoms with Crippen LogP contribution in [-0.2, 0) is 0 Å². The van der Waals surface area contributed by atoms with Crippen molar-refractivity contribution in [3.05, 3.63) is 52.8 Å². The highest BCUT2D eigenvalue weighted by molar-refractivity contribution is 6.34. The third-order valence-corrected chi connectivity index (χ3v) is 3.08. The van der Waals surface area contributed by atoms with Gasteiger partial charge < -0.3 is 9.47 Å². The van der Waals surface area contributed by atoms with E-state index in [9.17, 15) is 4.79 Å². The summed E-state index contributed by atoms with van der Waals surface area (Å²) in [6.45, 7) is 1.00. The molecule has 2 aromatic rings. The minimum atomic E-state index is -0.234. The fraction of sp³-hybridized carbons (Fsp3) is 0.143. The summed E-state index contributed by atoms with van der Waals surface area (Å²) >= 11 is 5.97. The highest BCUT2D eigenvalue weighted by Gasteiger charge is 2.18. The Bertz CT molecular complexity index is 642. The lowest BCUT2D eigenvalue weighted by Gasteiger charge is -2.18. The van der Waals surface area contributed by atoms with Gasteiger partial charge in [-0.1, -0.05) is 11.6 Å². The van der Waals surface area contributed by atoms with Crippen molar-refractivity contribution in [1.29, 1.82) is 0 Å². The molecule has 1 aromatic heterocycles. The fourth-order valence-electron chi connectivity index (χ4n) is 1.87. The van der Waals surface area contributed by atoms with E-state index in [1.54, 1.807) is 30.3 Å². The number of benzene rings is 1. The van der Waals surface area contributed by atoms with E-state index in [-0.39, 0.29) is 11.5 Å². The van der Waals surface area contributed by atoms with Gasteiger partial charge in [0.1, 0.15) is 18.9 Å². The molecule has 5 heteroatoms. The predicted octanol–water partition coefficient (Wildman–Crippen LogP) is 2.74. The highest BCUT2D eigenvalue weighted by Crippen LogP contribution is 2.31. The second-order valence-corrected chi connectivity index (χ2v) is 4.43. The van der Waals surface area contributed by atoms with Gasteiger partial charge in [-0.25, -0.2) is 0 Å². The molecule has 0 fully saturated rings. The number of hydrogen-bond donors (Lipinski definition) is 0. The third kappa shape index (κ3) is 2.27. The minimum Gasteiger partial charge on any atom is -0.486 e. The van der Waals surface area contributed by atoms with Crippen LogP contribution in [-0.4, -0.2) is 24.0 Å². The average molecular weight is 276 g/mol. The zero-order chi connectivity index (χ0) is 13.2. The molecule has 1 aliphatic heterocycles. The number of ether oxygens (including phenoxy) is 2. The lowest BCUT2D eigenvalue weighted by Crippen LogP contribution is -2.16. The average Bonchev–Trinajstić information content (AvgIpc) is 2.46. The van der Waals surface area contributed by atoms with Crippen LogP contribution in [0.5, 0.6) is 11.5 Å². The number of rotatable bonds is 2. The van der Waals surface area contributed by atoms with E-state index in [0.717, 1.165) is 0 Å². The number of nitrogens with zero attached hydrogens (tertiary/aromatic N) is 1. The molecule has 3 rings (SSSR count). The zero-order valence-electron chi connectivity index (χ0n) is 9.93. The second-order valence-electron chi connectivity index (χ2n) is 4.02. The first-order chi connectivity index (χ1) is 9.25. The van der Waals surface area contributed by atoms with Gasteiger partial charge in [-0.05, 0) is 30.3 Å². The molecule has 0 atom stereocenters. The maximum atomic E-state index is 12.3. The quantitative estimate of drug-likeness (QED) is 0.791. The van der Waals surface area contributed by atoms with Crippen molar-refractivity contribution in [2.45, 2.75) is 0 Å². The summed E-state index contributed by atoms with van der Waals surface area (Å²) in [6, 6.07) is 8.38. The van der Waals surface area contributed by atoms with Crippen LogP contribution in [0.2, 0.25) is 5.02 Å². The van der Waals surface area contributed by atoms with Crippen LogP contribution in [0, 0.1) is 0 Å². The smallest absolute Gasteiger partial charge is 0.213 e. The molecule has 0 radical (unpaired) electrons. The van der Waals surface area contributed by atoms with Crippen molar-refractivity contribution in [2.24, 2.45) is 0 Å². The van der Waals surface area contributed by atoms with E-state index >= 15 is 0 Å². The first-order valence-electron chi connectivity index (χ1n) is 5.80. The standard InChI is InChI=1S/C14H10ClNO3/c15-10-2-1-5-16-13(10)14(17)9-3-4-11-12(8-9)19-7-6-18-11/h1-5,8H,6-7H2. The molecular weight excluding hydrogens is 266 g/mol. The Morgan fingerprint density at radius 3 is 2.74 bits per heavy atom. The first kappa shape index (κ1) is 12.0. The van der Waals surface area contributed by atoms with Crippen LogP contribution in [0.4, 0.5) is 0 Å². The van der Waals surface area contributed by atoms with Gasteiger partial charge in [0.2, 0.25) is 5.78 Å². The summed E-state index contributed by atoms with van der Waals surface area (Å²) in [7, 11) is 0. The predicted molar refractivity (Wildman–Crippen MR) is 70.1 cm³/mol. The Balaban J connectivity index is 1.98. The summed E-state index contributed by atoms with van der Waals surface area (Å²) < 4.78 is 10.9. The fourth-order valence-corrected chi connectivity index (χ4v) is 2.08. The Morgan fingerprint density at radius 2 is 1.95 bits per heavy atom. The van der Waals surface area contributed by atoms with Crippen molar-refractivity contribution in [2.75, 3.05) is 13.2 Å². The van der Waals surface area contributed by atoms with Gasteiger partial charge in [0.25, 0.3) is 0 Å². The van der Waals surface area contributed by atoms with Crippen molar-refractivity contribution in [3.63, 3.8) is 0 Å². The SMILES string of the molecule is O=C(c1ccc2c(c1)OCCO2)c1ncccc1Cl. The van der Waals surface area contributed by atoms with Gasteiger partial charge in [-0.15, -0.1) is 0 Å². The first-order valence-corrected chi connectivity index (χ1v) is 6.18. The van der Waals surface area contributed by atoms with E-state index in [1.807, 2.05) is 0 Å². The van der Waals surface area contributed by atoms with Gasteiger partial charge >= 0.3 is 0 Å². The number of carbonyl (C=O) groups excluding carboxylic acids is 1. The molecule has 2 heterocycles. The van der Waals surface area contributed by atoms with Crippen LogP contribution in [0.25, 0.3) is 0 Å². The van der Waals surface area contributed by atoms with E-state index in [4.69, 9.17) is 21.1 Å². The molecule has 4 nitrogen and oxygen atoms in total. The molecule has 0 unspecified atom stereocenters. The summed E-state index contributed by atoms with van der Waals surface area (Å²) in [6.07, 6.45) is 1.54. The van der Waals surface area contributed by atoms with Gasteiger partial charge in [-0.2, -0.15) is 0 Å². The maximum absolute atomic E-state index is 12.3. The normalized spacial score (nSPS) is 13.1. The lowest BCUT2D eigenvalue weighted by molar-refractivity contribution is 0.103. The second kappa shape index (κ2) is 4.90. The molecule has 96 valence electrons. The number of fused-ring (bicyclic) bond motifs is 1. The van der Waals surface area contributed by atoms with Gasteiger partial charge in [0.05, 0.1) is 5.02 Å². The molecule has 1 aliphatic rings. The molecule has 19 heavy (non-hydrogen) atoms. The van der Waals surface area contributed by atoms with E-state index in [0.29, 0.717) is 35.3 Å². The van der Waals surface area contributed by atoms with Crippen LogP contribution in [0.3, 0.4) is 0 Å². The van der Waals surface area contributed by atoms with Crippen LogP contribution in [0.15, 0.2) is 36.5 Å². The van der Waals surface area contributed by atoms with Crippen molar-refractivity contribution in [3.8, 4) is 11.5 Å². The Kier molecular flexibility index (Phi) is 3.09. The third-order valence-electron chi connectivity index (χ3n) is 2.78. The molecule has 0 saturated heterocycles. The van der Waals surface area contributed by atoms with E-state index in [2.05, 4.69) is 4.98 Å². The number of pyridine rings is 1. The number of halogens is 1. The molecule has 0 aliphatic carbocycles. The van der Waals surface area contributed by atoms with E-state index in [1.165, 1.54) is 6.20 Å². The minimum absolute atomic E-state index is 0.234. The summed E-state index contributed by atoms with van der Waals surface area (Å²) in [5.41, 5.74) is 0.714. The van der Waals surface area contributed by atoms with Crippen LogP contribution >= 0.6 is 11.6 Å². The molecule has 0 N–H and O–H groups in total. The van der Waals surface area contributed by atoms with Crippen molar-refractivity contribution >= 4 is 17.4 Å². The molecule has 0 saturated carbocycles. The Labute approximate surface area is 114 Å². The Hall–Kier alpha value is -2.07. The van der Waals surface area contributed by atoms with Crippen LogP contribution < -0.4 is 9.47 Å². The lowest BCUT2D eigenvalue weighted by atomic mass is 10.1. The largest absolute Gasteiger partial charge is 0.486 e. The Morgan fingerprint density at radius 1 is 1.16 bits per heavy atom. The molecule has 0 spiro atoms. The number of hydrogen-bond acceptors (Lipinski definition) is 4. The molecule has 0 bridgehead atoms. The van der Waals surface area contributed by atoms with Crippen molar-refractivity contribution in [1.82, 2.24) is 4.98 Å². The van der Waals surface area contributed by atoms with Gasteiger partial charge in [0, 0.05) is 11.8 Å². The maximum Gasteiger partial charge on any atom is 0.213 e. The van der Waals surface area contributed by atoms with E-state index < -0.39 is 0 Å². The van der Waals surface area contributed by atoms with Crippen molar-refractivity contribution < 1.29 is 14.3 Å². The highest BCUT2D eigenvalue weighted by atomic mass is 35.5. The monoisotopic (exact) mass is 275 g/mol. The zero-order valence-corrected chi connectivity index (χ0v) is 10.7. The molecule has 0 amide bonds. The molecule has 1 aromatic carbocycles. The summed E-state index contributed by atoms with van der Waals surface area (Å²) in [5, 5.41) is 0.336. The number of aromatic nitrogens is 1.